The van der Waals surface area contributed by atoms with E-state index in [1.54, 1.807) is 6.08 Å². The van der Waals surface area contributed by atoms with Crippen LogP contribution in [0.3, 0.4) is 0 Å². The Balaban J connectivity index is 2.43. The van der Waals surface area contributed by atoms with Crippen molar-refractivity contribution in [2.24, 2.45) is 0 Å². The van der Waals surface area contributed by atoms with Gasteiger partial charge in [0.05, 0.1) is 31.7 Å². The molecule has 0 aliphatic carbocycles. The van der Waals surface area contributed by atoms with Crippen LogP contribution >= 0.6 is 0 Å². The van der Waals surface area contributed by atoms with Crippen molar-refractivity contribution in [2.75, 3.05) is 26.2 Å². The van der Waals surface area contributed by atoms with Gasteiger partial charge in [-0.25, -0.2) is 0 Å². The first kappa shape index (κ1) is 45.7. The summed E-state index contributed by atoms with van der Waals surface area (Å²) in [6.45, 7) is 10.3. The predicted molar refractivity (Wildman–Crippen MR) is 217 cm³/mol. The summed E-state index contributed by atoms with van der Waals surface area (Å²) in [6, 6.07) is 10.4. The summed E-state index contributed by atoms with van der Waals surface area (Å²) in [5, 5.41) is 47.0. The van der Waals surface area contributed by atoms with E-state index in [0.29, 0.717) is 26.1 Å². The molecule has 9 heteroatoms. The summed E-state index contributed by atoms with van der Waals surface area (Å²) in [4.78, 5) is 22.1. The van der Waals surface area contributed by atoms with Crippen LogP contribution < -0.4 is 15.4 Å². The van der Waals surface area contributed by atoms with Crippen LogP contribution in [0.5, 0.6) is 5.75 Å². The molecule has 53 heavy (non-hydrogen) atoms. The van der Waals surface area contributed by atoms with Crippen LogP contribution in [-0.2, 0) is 22.6 Å². The number of rotatable bonds is 32. The van der Waals surface area contributed by atoms with Crippen molar-refractivity contribution in [3.8, 4) is 5.75 Å². The van der Waals surface area contributed by atoms with E-state index in [-0.39, 0.29) is 25.9 Å². The Kier molecular flexibility index (Phi) is 24.1. The Morgan fingerprint density at radius 3 is 1.94 bits per heavy atom. The Labute approximate surface area is 318 Å². The first-order chi connectivity index (χ1) is 25.7. The minimum absolute atomic E-state index is 0.163. The molecular formula is C44H68N2O7. The van der Waals surface area contributed by atoms with E-state index < -0.39 is 24.1 Å². The van der Waals surface area contributed by atoms with Crippen molar-refractivity contribution >= 4 is 22.7 Å². The second-order valence-corrected chi connectivity index (χ2v) is 14.3. The maximum absolute atomic E-state index is 11.2. The molecule has 0 radical (unpaired) electrons. The first-order valence-corrected chi connectivity index (χ1v) is 20.1. The summed E-state index contributed by atoms with van der Waals surface area (Å²) in [5.41, 5.74) is 4.41. The minimum atomic E-state index is -1.03. The average molecular weight is 737 g/mol. The highest BCUT2D eigenvalue weighted by atomic mass is 16.5. The number of nitrogens with one attached hydrogen (secondary N) is 2. The SMILES string of the molecule is C=C/C(=C\C=C(\CCCCCCCCC)Cc1cc(OCCCCCCCC)c2ccccc2c1CNCC(O)CC(=O)O)CNC[C@@H](O)CC(=O)O. The molecule has 2 aromatic carbocycles. The van der Waals surface area contributed by atoms with Crippen molar-refractivity contribution < 1.29 is 34.8 Å². The molecule has 6 N–H and O–H groups in total. The van der Waals surface area contributed by atoms with Crippen LogP contribution in [0, 0.1) is 0 Å². The smallest absolute Gasteiger partial charge is 0.306 e. The quantitative estimate of drug-likeness (QED) is 0.0321. The number of carbonyl (C=O) groups is 2. The van der Waals surface area contributed by atoms with E-state index in [1.165, 1.54) is 63.4 Å². The van der Waals surface area contributed by atoms with E-state index in [2.05, 4.69) is 61.4 Å². The lowest BCUT2D eigenvalue weighted by atomic mass is 9.91. The lowest BCUT2D eigenvalue weighted by Gasteiger charge is -2.20. The van der Waals surface area contributed by atoms with Crippen molar-refractivity contribution in [2.45, 2.75) is 142 Å². The number of unbranched alkanes of at least 4 members (excludes halogenated alkanes) is 11. The standard InChI is InChI=1S/C44H68N2O7/c1-4-7-9-11-13-14-16-20-35(24-23-34(6-3)30-45-31-37(47)28-43(49)50)26-36-27-42(53-25-19-15-12-10-8-5-2)40-22-18-17-21-39(40)41(36)33-46-32-38(48)29-44(51)52/h6,17-18,21-24,27,37-38,45-48H,3-5,7-16,19-20,25-26,28-33H2,1-2H3,(H,49,50)(H,51,52)/b34-23+,35-24-/t37-,38?/m0/s1. The molecule has 0 aromatic heterocycles. The van der Waals surface area contributed by atoms with E-state index in [0.717, 1.165) is 65.3 Å². The van der Waals surface area contributed by atoms with Crippen LogP contribution in [-0.4, -0.2) is 70.8 Å². The highest BCUT2D eigenvalue weighted by molar-refractivity contribution is 5.92. The number of benzene rings is 2. The minimum Gasteiger partial charge on any atom is -0.493 e. The number of carboxylic acids is 2. The largest absolute Gasteiger partial charge is 0.493 e. The van der Waals surface area contributed by atoms with Crippen molar-refractivity contribution in [1.82, 2.24) is 10.6 Å². The van der Waals surface area contributed by atoms with Crippen LogP contribution in [0.15, 0.2) is 66.3 Å². The monoisotopic (exact) mass is 737 g/mol. The number of hydrogen-bond donors (Lipinski definition) is 6. The van der Waals surface area contributed by atoms with Gasteiger partial charge in [-0.2, -0.15) is 0 Å². The van der Waals surface area contributed by atoms with Gasteiger partial charge in [0, 0.05) is 31.6 Å². The molecule has 0 amide bonds. The number of carboxylic acid groups (broad SMARTS) is 2. The second-order valence-electron chi connectivity index (χ2n) is 14.3. The Morgan fingerprint density at radius 2 is 1.34 bits per heavy atom. The summed E-state index contributed by atoms with van der Waals surface area (Å²) >= 11 is 0. The van der Waals surface area contributed by atoms with Gasteiger partial charge in [0.15, 0.2) is 0 Å². The van der Waals surface area contributed by atoms with Gasteiger partial charge < -0.3 is 35.8 Å². The normalized spacial score (nSPS) is 13.3. The van der Waals surface area contributed by atoms with Crippen LogP contribution in [0.4, 0.5) is 0 Å². The molecule has 0 saturated carbocycles. The third-order valence-corrected chi connectivity index (χ3v) is 9.49. The van der Waals surface area contributed by atoms with Crippen LogP contribution in [0.25, 0.3) is 10.8 Å². The second kappa shape index (κ2) is 28.0. The summed E-state index contributed by atoms with van der Waals surface area (Å²) < 4.78 is 6.50. The molecule has 0 fully saturated rings. The molecular weight excluding hydrogens is 668 g/mol. The van der Waals surface area contributed by atoms with Crippen LogP contribution in [0.2, 0.25) is 0 Å². The summed E-state index contributed by atoms with van der Waals surface area (Å²) in [7, 11) is 0. The molecule has 2 rings (SSSR count). The third kappa shape index (κ3) is 20.0. The Bertz CT molecular complexity index is 1420. The average Bonchev–Trinajstić information content (AvgIpc) is 3.12. The third-order valence-electron chi connectivity index (χ3n) is 9.49. The van der Waals surface area contributed by atoms with Gasteiger partial charge in [-0.05, 0) is 53.8 Å². The number of allylic oxidation sites excluding steroid dienone is 3. The van der Waals surface area contributed by atoms with Gasteiger partial charge in [0.2, 0.25) is 0 Å². The molecule has 0 heterocycles. The molecule has 0 saturated heterocycles. The van der Waals surface area contributed by atoms with E-state index >= 15 is 0 Å². The number of hydrogen-bond acceptors (Lipinski definition) is 7. The fraction of sp³-hybridized carbons (Fsp3) is 0.591. The first-order valence-electron chi connectivity index (χ1n) is 20.1. The van der Waals surface area contributed by atoms with Crippen molar-refractivity contribution in [3.05, 3.63) is 77.4 Å². The highest BCUT2D eigenvalue weighted by Crippen LogP contribution is 2.34. The van der Waals surface area contributed by atoms with Crippen molar-refractivity contribution in [3.63, 3.8) is 0 Å². The van der Waals surface area contributed by atoms with Crippen LogP contribution in [0.1, 0.15) is 128 Å². The number of aliphatic hydroxyl groups is 2. The fourth-order valence-electron chi connectivity index (χ4n) is 6.51. The fourth-order valence-corrected chi connectivity index (χ4v) is 6.51. The molecule has 1 unspecified atom stereocenters. The predicted octanol–water partition coefficient (Wildman–Crippen LogP) is 8.65. The van der Waals surface area contributed by atoms with Gasteiger partial charge in [0.25, 0.3) is 0 Å². The maximum Gasteiger partial charge on any atom is 0.306 e. The summed E-state index contributed by atoms with van der Waals surface area (Å²) in [5.74, 6) is -1.20. The maximum atomic E-state index is 11.2. The molecule has 2 aromatic rings. The lowest BCUT2D eigenvalue weighted by Crippen LogP contribution is -2.29. The topological polar surface area (TPSA) is 148 Å². The van der Waals surface area contributed by atoms with Gasteiger partial charge in [-0.3, -0.25) is 9.59 Å². The molecule has 0 bridgehead atoms. The summed E-state index contributed by atoms with van der Waals surface area (Å²) in [6.07, 6.45) is 20.6. The zero-order valence-electron chi connectivity index (χ0n) is 32.6. The molecule has 0 aliphatic rings. The zero-order valence-corrected chi connectivity index (χ0v) is 32.6. The lowest BCUT2D eigenvalue weighted by molar-refractivity contribution is -0.140. The highest BCUT2D eigenvalue weighted by Gasteiger charge is 2.16. The molecule has 2 atom stereocenters. The number of aliphatic hydroxyl groups excluding tert-OH is 2. The number of ether oxygens (including phenoxy) is 1. The van der Waals surface area contributed by atoms with Gasteiger partial charge in [-0.1, -0.05) is 139 Å². The molecule has 0 aliphatic heterocycles. The van der Waals surface area contributed by atoms with E-state index in [9.17, 15) is 19.8 Å². The van der Waals surface area contributed by atoms with E-state index in [4.69, 9.17) is 14.9 Å². The molecule has 9 nitrogen and oxygen atoms in total. The number of fused-ring (bicyclic) bond motifs is 1. The Hall–Kier alpha value is -3.50. The van der Waals surface area contributed by atoms with Crippen molar-refractivity contribution in [1.29, 1.82) is 0 Å². The van der Waals surface area contributed by atoms with Gasteiger partial charge in [-0.15, -0.1) is 0 Å². The van der Waals surface area contributed by atoms with Gasteiger partial charge in [0.1, 0.15) is 5.75 Å². The Morgan fingerprint density at radius 1 is 0.774 bits per heavy atom. The van der Waals surface area contributed by atoms with Gasteiger partial charge >= 0.3 is 11.9 Å². The zero-order chi connectivity index (χ0) is 38.7. The molecule has 0 spiro atoms. The van der Waals surface area contributed by atoms with E-state index in [1.807, 2.05) is 12.1 Å². The molecule has 296 valence electrons. The number of aliphatic carboxylic acids is 2.